The topological polar surface area (TPSA) is 72.9 Å². The van der Waals surface area contributed by atoms with E-state index in [0.29, 0.717) is 18.7 Å². The largest absolute Gasteiger partial charge is 0.495 e. The number of carbonyl (C=O) groups is 1. The van der Waals surface area contributed by atoms with E-state index in [0.717, 1.165) is 31.4 Å². The number of benzene rings is 2. The van der Waals surface area contributed by atoms with Gasteiger partial charge in [0.25, 0.3) is 0 Å². The average molecular weight is 419 g/mol. The first-order valence-corrected chi connectivity index (χ1v) is 10.7. The van der Waals surface area contributed by atoms with E-state index in [9.17, 15) is 17.6 Å². The number of sulfonamides is 1. The molecule has 0 bridgehead atoms. The first kappa shape index (κ1) is 21.0. The van der Waals surface area contributed by atoms with Crippen LogP contribution in [0, 0.1) is 5.82 Å². The molecule has 0 saturated carbocycles. The summed E-state index contributed by atoms with van der Waals surface area (Å²) in [6, 6.07) is 9.90. The van der Waals surface area contributed by atoms with Gasteiger partial charge in [-0.25, -0.2) is 17.6 Å². The number of rotatable bonds is 6. The minimum Gasteiger partial charge on any atom is -0.495 e. The number of methoxy groups -OCH3 is 1. The van der Waals surface area contributed by atoms with Crippen LogP contribution in [0.2, 0.25) is 0 Å². The molecule has 0 radical (unpaired) electrons. The Morgan fingerprint density at radius 1 is 1.10 bits per heavy atom. The van der Waals surface area contributed by atoms with Crippen LogP contribution < -0.4 is 9.47 Å². The lowest BCUT2D eigenvalue weighted by Gasteiger charge is -2.26. The number of carbonyl (C=O) groups excluding carboxylic acids is 1. The molecule has 8 heteroatoms. The van der Waals surface area contributed by atoms with E-state index in [2.05, 4.69) is 0 Å². The third-order valence-corrected chi connectivity index (χ3v) is 6.47. The standard InChI is InChI=1S/C21H22FNO5S/c1-27-19-10-8-16(9-11-21(24)28-18-7-5-6-17(22)15-18)14-20(19)29(25,26)23-12-3-2-4-13-23/h5-11,14-15H,2-4,12-13H2,1H3. The van der Waals surface area contributed by atoms with E-state index >= 15 is 0 Å². The number of nitrogens with zero attached hydrogens (tertiary/aromatic N) is 1. The van der Waals surface area contributed by atoms with Gasteiger partial charge in [0.15, 0.2) is 0 Å². The summed E-state index contributed by atoms with van der Waals surface area (Å²) in [6.07, 6.45) is 5.26. The van der Waals surface area contributed by atoms with Crippen molar-refractivity contribution < 1.29 is 27.1 Å². The van der Waals surface area contributed by atoms with Crippen LogP contribution in [0.25, 0.3) is 6.08 Å². The Balaban J connectivity index is 1.80. The molecule has 2 aromatic rings. The van der Waals surface area contributed by atoms with Crippen molar-refractivity contribution in [1.82, 2.24) is 4.31 Å². The molecular weight excluding hydrogens is 397 g/mol. The normalized spacial score (nSPS) is 15.4. The first-order chi connectivity index (χ1) is 13.9. The van der Waals surface area contributed by atoms with E-state index in [1.807, 2.05) is 0 Å². The Bertz CT molecular complexity index is 1010. The zero-order chi connectivity index (χ0) is 20.9. The van der Waals surface area contributed by atoms with Gasteiger partial charge >= 0.3 is 5.97 Å². The molecule has 6 nitrogen and oxygen atoms in total. The SMILES string of the molecule is COc1ccc(C=CC(=O)Oc2cccc(F)c2)cc1S(=O)(=O)N1CCCCC1. The van der Waals surface area contributed by atoms with Crippen LogP contribution >= 0.6 is 0 Å². The second-order valence-electron chi connectivity index (χ2n) is 6.59. The number of ether oxygens (including phenoxy) is 2. The van der Waals surface area contributed by atoms with Gasteiger partial charge in [0.1, 0.15) is 22.2 Å². The molecule has 0 atom stereocenters. The zero-order valence-corrected chi connectivity index (χ0v) is 16.8. The summed E-state index contributed by atoms with van der Waals surface area (Å²) in [5.74, 6) is -0.883. The van der Waals surface area contributed by atoms with Gasteiger partial charge in [0.2, 0.25) is 10.0 Å². The molecule has 0 unspecified atom stereocenters. The maximum Gasteiger partial charge on any atom is 0.336 e. The number of hydrogen-bond acceptors (Lipinski definition) is 5. The van der Waals surface area contributed by atoms with Gasteiger partial charge < -0.3 is 9.47 Å². The van der Waals surface area contributed by atoms with Crippen LogP contribution in [0.5, 0.6) is 11.5 Å². The third-order valence-electron chi connectivity index (χ3n) is 4.55. The Labute approximate surface area is 169 Å². The Morgan fingerprint density at radius 2 is 1.86 bits per heavy atom. The predicted molar refractivity (Wildman–Crippen MR) is 107 cm³/mol. The van der Waals surface area contributed by atoms with Crippen molar-refractivity contribution in [2.45, 2.75) is 24.2 Å². The van der Waals surface area contributed by atoms with Crippen molar-refractivity contribution in [1.29, 1.82) is 0 Å². The molecule has 0 aliphatic carbocycles. The highest BCUT2D eigenvalue weighted by Crippen LogP contribution is 2.30. The second-order valence-corrected chi connectivity index (χ2v) is 8.49. The summed E-state index contributed by atoms with van der Waals surface area (Å²) in [6.45, 7) is 0.955. The lowest BCUT2D eigenvalue weighted by Crippen LogP contribution is -2.35. The first-order valence-electron chi connectivity index (χ1n) is 9.24. The highest BCUT2D eigenvalue weighted by Gasteiger charge is 2.29. The third kappa shape index (κ3) is 5.21. The fourth-order valence-corrected chi connectivity index (χ4v) is 4.80. The quantitative estimate of drug-likeness (QED) is 0.406. The fourth-order valence-electron chi connectivity index (χ4n) is 3.09. The minimum absolute atomic E-state index is 0.0579. The summed E-state index contributed by atoms with van der Waals surface area (Å²) >= 11 is 0. The average Bonchev–Trinajstić information content (AvgIpc) is 2.72. The van der Waals surface area contributed by atoms with Crippen LogP contribution in [0.3, 0.4) is 0 Å². The number of piperidine rings is 1. The number of hydrogen-bond donors (Lipinski definition) is 0. The molecule has 0 amide bonds. The summed E-state index contributed by atoms with van der Waals surface area (Å²) < 4.78 is 50.9. The van der Waals surface area contributed by atoms with Gasteiger partial charge in [-0.05, 0) is 48.7 Å². The Kier molecular flexibility index (Phi) is 6.66. The van der Waals surface area contributed by atoms with Crippen molar-refractivity contribution in [2.24, 2.45) is 0 Å². The van der Waals surface area contributed by atoms with Crippen molar-refractivity contribution >= 4 is 22.1 Å². The molecule has 0 spiro atoms. The summed E-state index contributed by atoms with van der Waals surface area (Å²) in [5, 5.41) is 0. The molecule has 1 fully saturated rings. The second kappa shape index (κ2) is 9.19. The van der Waals surface area contributed by atoms with E-state index in [1.54, 1.807) is 12.1 Å². The van der Waals surface area contributed by atoms with Crippen LogP contribution in [0.4, 0.5) is 4.39 Å². The summed E-state index contributed by atoms with van der Waals surface area (Å²) in [5.41, 5.74) is 0.498. The molecule has 154 valence electrons. The maximum atomic E-state index is 13.2. The van der Waals surface area contributed by atoms with Gasteiger partial charge in [-0.15, -0.1) is 0 Å². The monoisotopic (exact) mass is 419 g/mol. The molecule has 0 N–H and O–H groups in total. The lowest BCUT2D eigenvalue weighted by molar-refractivity contribution is -0.128. The molecule has 1 aliphatic heterocycles. The van der Waals surface area contributed by atoms with Crippen molar-refractivity contribution in [3.63, 3.8) is 0 Å². The van der Waals surface area contributed by atoms with Crippen LogP contribution in [-0.2, 0) is 14.8 Å². The lowest BCUT2D eigenvalue weighted by atomic mass is 10.2. The molecule has 1 heterocycles. The van der Waals surface area contributed by atoms with Gasteiger partial charge in [0.05, 0.1) is 7.11 Å². The molecule has 1 aliphatic rings. The van der Waals surface area contributed by atoms with Crippen molar-refractivity contribution in [3.05, 3.63) is 59.9 Å². The van der Waals surface area contributed by atoms with Gasteiger partial charge in [0, 0.05) is 25.2 Å². The highest BCUT2D eigenvalue weighted by atomic mass is 32.2. The molecule has 1 saturated heterocycles. The Morgan fingerprint density at radius 3 is 2.55 bits per heavy atom. The molecule has 2 aromatic carbocycles. The number of esters is 1. The molecule has 0 aromatic heterocycles. The molecular formula is C21H22FNO5S. The number of halogens is 1. The van der Waals surface area contributed by atoms with Gasteiger partial charge in [-0.1, -0.05) is 18.6 Å². The molecule has 3 rings (SSSR count). The minimum atomic E-state index is -3.70. The predicted octanol–water partition coefficient (Wildman–Crippen LogP) is 3.63. The Hall–Kier alpha value is -2.71. The van der Waals surface area contributed by atoms with E-state index in [-0.39, 0.29) is 16.4 Å². The van der Waals surface area contributed by atoms with Gasteiger partial charge in [-0.2, -0.15) is 4.31 Å². The van der Waals surface area contributed by atoms with Crippen molar-refractivity contribution in [2.75, 3.05) is 20.2 Å². The smallest absolute Gasteiger partial charge is 0.336 e. The molecule has 29 heavy (non-hydrogen) atoms. The van der Waals surface area contributed by atoms with Crippen LogP contribution in [0.15, 0.2) is 53.4 Å². The van der Waals surface area contributed by atoms with E-state index in [1.165, 1.54) is 41.8 Å². The summed E-state index contributed by atoms with van der Waals surface area (Å²) in [4.78, 5) is 12.0. The van der Waals surface area contributed by atoms with Crippen LogP contribution in [0.1, 0.15) is 24.8 Å². The summed E-state index contributed by atoms with van der Waals surface area (Å²) in [7, 11) is -2.29. The maximum absolute atomic E-state index is 13.2. The fraction of sp³-hybridized carbons (Fsp3) is 0.286. The van der Waals surface area contributed by atoms with Crippen molar-refractivity contribution in [3.8, 4) is 11.5 Å². The van der Waals surface area contributed by atoms with Crippen LogP contribution in [-0.4, -0.2) is 38.9 Å². The van der Waals surface area contributed by atoms with E-state index in [4.69, 9.17) is 9.47 Å². The zero-order valence-electron chi connectivity index (χ0n) is 16.0. The van der Waals surface area contributed by atoms with Gasteiger partial charge in [-0.3, -0.25) is 0 Å². The van der Waals surface area contributed by atoms with E-state index < -0.39 is 21.8 Å². The highest BCUT2D eigenvalue weighted by molar-refractivity contribution is 7.89.